The molecule has 2 heterocycles. The fourth-order valence-corrected chi connectivity index (χ4v) is 13.6. The zero-order chi connectivity index (χ0) is 89.5. The third-order valence-corrected chi connectivity index (χ3v) is 21.0. The summed E-state index contributed by atoms with van der Waals surface area (Å²) >= 11 is 0. The standard InChI is InChI=1S/C75H128N16O26/c1-16-116-61(63(79)103)56-70(110)85-46(32-52(97)98)74(114)91-28-20-18-22-48(91)75(115)117-60(37(9)35(6)7)55(71(111)87-54(41(13)92)69(109)82-43(21-17-19-27-76)65(105)84-45(30-34(4)5)73(113)90(15)47(67(107)88-56)24-26-50(94)80-14)89-68(108)53(38(10)39(11)62(78)102)86-72(112)59(101)58(100)42(23-25-49(77)93)81-66(106)44(31-51(95)96)83-64(104)40(12)57(99)36(8)29-33(2)3/h33-48,53-61,92,99-101H,16-32,76H2,1-15H3,(H2,77,93)(H2,78,102)(H2,79,103)(H,80,94)(H,81,106)(H,82,109)(H,83,104)(H,84,105)(H,85,110)(H,86,112)(H,87,111)(H,88,107)(H,89,108)(H,95,96)(H,97,98). The number of carbonyl (C=O) groups is 18. The van der Waals surface area contributed by atoms with Crippen LogP contribution in [0.5, 0.6) is 0 Å². The third kappa shape index (κ3) is 32.2. The fraction of sp³-hybridized carbons (Fsp3) is 0.760. The number of carboxylic acid groups (broad SMARTS) is 2. The van der Waals surface area contributed by atoms with Gasteiger partial charge in [0, 0.05) is 46.0 Å². The Morgan fingerprint density at radius 1 is 0.624 bits per heavy atom. The van der Waals surface area contributed by atoms with Gasteiger partial charge in [0.15, 0.2) is 12.2 Å². The zero-order valence-corrected chi connectivity index (χ0v) is 69.5. The van der Waals surface area contributed by atoms with E-state index in [1.165, 1.54) is 41.7 Å². The molecule has 0 aliphatic carbocycles. The second-order valence-electron chi connectivity index (χ2n) is 31.5. The summed E-state index contributed by atoms with van der Waals surface area (Å²) in [5.41, 5.74) is 22.8. The summed E-state index contributed by atoms with van der Waals surface area (Å²) < 4.78 is 11.9. The van der Waals surface area contributed by atoms with E-state index in [2.05, 4.69) is 53.2 Å². The van der Waals surface area contributed by atoms with Gasteiger partial charge in [-0.3, -0.25) is 81.5 Å². The van der Waals surface area contributed by atoms with Gasteiger partial charge in [-0.15, -0.1) is 0 Å². The number of amides is 15. The molecule has 0 aromatic carbocycles. The molecule has 2 rings (SSSR count). The van der Waals surface area contributed by atoms with Crippen molar-refractivity contribution in [2.24, 2.45) is 70.3 Å². The first-order chi connectivity index (χ1) is 54.5. The van der Waals surface area contributed by atoms with Gasteiger partial charge >= 0.3 is 17.9 Å². The summed E-state index contributed by atoms with van der Waals surface area (Å²) in [4.78, 5) is 257. The van der Waals surface area contributed by atoms with Crippen molar-refractivity contribution in [3.63, 3.8) is 0 Å². The molecule has 42 heteroatoms. The molecular weight excluding hydrogens is 1540 g/mol. The van der Waals surface area contributed by atoms with E-state index in [1.54, 1.807) is 34.6 Å². The lowest BCUT2D eigenvalue weighted by Crippen LogP contribution is -2.66. The van der Waals surface area contributed by atoms with Crippen LogP contribution in [0.2, 0.25) is 0 Å². The average Bonchev–Trinajstić information content (AvgIpc) is 1.01. The maximum atomic E-state index is 15.7. The smallest absolute Gasteiger partial charge is 0.329 e. The van der Waals surface area contributed by atoms with Gasteiger partial charge in [-0.2, -0.15) is 0 Å². The highest BCUT2D eigenvalue weighted by Gasteiger charge is 2.49. The number of carbonyl (C=O) groups excluding carboxylic acids is 16. The molecule has 0 aromatic heterocycles. The number of hydrogen-bond donors (Lipinski definition) is 20. The van der Waals surface area contributed by atoms with Crippen LogP contribution in [0, 0.1) is 47.3 Å². The number of hydrogen-bond acceptors (Lipinski definition) is 25. The summed E-state index contributed by atoms with van der Waals surface area (Å²) in [5, 5.41) is 90.0. The third-order valence-electron chi connectivity index (χ3n) is 21.0. The number of rotatable bonds is 40. The Bertz CT molecular complexity index is 3460. The highest BCUT2D eigenvalue weighted by atomic mass is 16.5. The van der Waals surface area contributed by atoms with Gasteiger partial charge in [0.2, 0.25) is 82.7 Å². The van der Waals surface area contributed by atoms with Gasteiger partial charge < -0.3 is 126 Å². The van der Waals surface area contributed by atoms with Gasteiger partial charge in [-0.25, -0.2) is 4.79 Å². The summed E-state index contributed by atoms with van der Waals surface area (Å²) in [5.74, 6) is -30.5. The van der Waals surface area contributed by atoms with Gasteiger partial charge in [-0.1, -0.05) is 76.2 Å². The van der Waals surface area contributed by atoms with Crippen LogP contribution in [0.3, 0.4) is 0 Å². The average molecular weight is 1670 g/mol. The second-order valence-corrected chi connectivity index (χ2v) is 31.5. The van der Waals surface area contributed by atoms with Crippen LogP contribution >= 0.6 is 0 Å². The number of ether oxygens (including phenoxy) is 2. The van der Waals surface area contributed by atoms with E-state index in [0.29, 0.717) is 6.42 Å². The van der Waals surface area contributed by atoms with Gasteiger partial charge in [0.25, 0.3) is 5.91 Å². The number of unbranched alkanes of at least 4 members (excludes halogenated alkanes) is 1. The van der Waals surface area contributed by atoms with Crippen molar-refractivity contribution < 1.29 is 126 Å². The Morgan fingerprint density at radius 2 is 1.22 bits per heavy atom. The number of fused-ring (bicyclic) bond motifs is 1. The van der Waals surface area contributed by atoms with Gasteiger partial charge in [-0.05, 0) is 120 Å². The summed E-state index contributed by atoms with van der Waals surface area (Å²) in [7, 11) is 2.39. The second kappa shape index (κ2) is 49.4. The summed E-state index contributed by atoms with van der Waals surface area (Å²) in [6, 6.07) is -22.1. The van der Waals surface area contributed by atoms with Crippen molar-refractivity contribution in [2.45, 2.75) is 283 Å². The first kappa shape index (κ1) is 103. The Labute approximate surface area is 680 Å². The van der Waals surface area contributed by atoms with E-state index in [-0.39, 0.29) is 70.6 Å². The molecule has 2 saturated heterocycles. The summed E-state index contributed by atoms with van der Waals surface area (Å²) in [6.07, 6.45) is -17.3. The number of cyclic esters (lactones) is 1. The maximum Gasteiger partial charge on any atom is 0.329 e. The van der Waals surface area contributed by atoms with Crippen molar-refractivity contribution in [1.82, 2.24) is 63.0 Å². The Hall–Kier alpha value is -9.78. The lowest BCUT2D eigenvalue weighted by molar-refractivity contribution is -0.168. The highest BCUT2D eigenvalue weighted by molar-refractivity contribution is 6.02. The molecule has 0 aromatic rings. The minimum Gasteiger partial charge on any atom is -0.481 e. The van der Waals surface area contributed by atoms with Gasteiger partial charge in [0.1, 0.15) is 72.6 Å². The van der Waals surface area contributed by atoms with Crippen LogP contribution in [0.25, 0.3) is 0 Å². The Morgan fingerprint density at radius 3 is 1.75 bits per heavy atom. The summed E-state index contributed by atoms with van der Waals surface area (Å²) in [6.45, 7) is 18.7. The van der Waals surface area contributed by atoms with E-state index in [0.717, 1.165) is 23.8 Å². The van der Waals surface area contributed by atoms with E-state index in [1.807, 2.05) is 13.8 Å². The minimum atomic E-state index is -2.81. The number of aliphatic hydroxyl groups is 4. The number of carboxylic acids is 2. The topological polar surface area (TPSA) is 678 Å². The quantitative estimate of drug-likeness (QED) is 0.0201. The van der Waals surface area contributed by atoms with Crippen LogP contribution < -0.4 is 76.1 Å². The van der Waals surface area contributed by atoms with Crippen LogP contribution in [-0.4, -0.2) is 284 Å². The molecule has 0 radical (unpaired) electrons. The van der Waals surface area contributed by atoms with E-state index >= 15 is 24.0 Å². The number of primary amides is 3. The molecule has 0 saturated carbocycles. The highest BCUT2D eigenvalue weighted by Crippen LogP contribution is 2.28. The van der Waals surface area contributed by atoms with Crippen molar-refractivity contribution >= 4 is 107 Å². The molecule has 15 amide bonds. The predicted octanol–water partition coefficient (Wildman–Crippen LogP) is -5.88. The van der Waals surface area contributed by atoms with Crippen molar-refractivity contribution in [1.29, 1.82) is 0 Å². The first-order valence-corrected chi connectivity index (χ1v) is 39.6. The van der Waals surface area contributed by atoms with Crippen LogP contribution in [-0.2, 0) is 95.8 Å². The SMILES string of the molecule is CCOC(C(N)=O)C1NC(=O)C(CCC(=O)NC)N(C)C(=O)C(CC(C)C)NC(=O)C(CCCCN)NC(=O)C(C(C)O)NC(=O)C(NC(=O)C(NC(=O)C(O)C(O)C(CCC(N)=O)NC(=O)C(CC(=O)O)NC(=O)C(C)C(O)C(C)CC(C)C)C(C)C(C)C(N)=O)C(C(C)C(C)C)OC(=O)C2CCCCN2C(=O)C(CC(=O)O)NC1=O. The molecule has 2 aliphatic heterocycles. The number of nitrogens with two attached hydrogens (primary N) is 4. The molecule has 22 unspecified atom stereocenters. The predicted molar refractivity (Wildman–Crippen MR) is 415 cm³/mol. The van der Waals surface area contributed by atoms with E-state index in [4.69, 9.17) is 32.4 Å². The molecule has 664 valence electrons. The molecule has 2 fully saturated rings. The monoisotopic (exact) mass is 1670 g/mol. The normalized spacial score (nSPS) is 23.9. The van der Waals surface area contributed by atoms with Crippen LogP contribution in [0.1, 0.15) is 180 Å². The number of esters is 1. The Balaban J connectivity index is 3.24. The molecule has 0 bridgehead atoms. The molecular formula is C75H128N16O26. The molecule has 0 spiro atoms. The van der Waals surface area contributed by atoms with Crippen LogP contribution in [0.4, 0.5) is 0 Å². The number of likely N-dealkylation sites (N-methyl/N-ethyl adjacent to an activating group) is 1. The number of aliphatic hydroxyl groups excluding tert-OH is 4. The minimum absolute atomic E-state index is 0.0607. The molecule has 117 heavy (non-hydrogen) atoms. The van der Waals surface area contributed by atoms with E-state index in [9.17, 15) is 93.0 Å². The first-order valence-electron chi connectivity index (χ1n) is 39.6. The lowest BCUT2D eigenvalue weighted by atomic mass is 9.85. The lowest BCUT2D eigenvalue weighted by Gasteiger charge is -2.40. The molecule has 22 atom stereocenters. The Kier molecular flexibility index (Phi) is 43.7. The fourth-order valence-electron chi connectivity index (χ4n) is 13.6. The van der Waals surface area contributed by atoms with Crippen molar-refractivity contribution in [2.75, 3.05) is 33.8 Å². The molecule has 42 nitrogen and oxygen atoms in total. The van der Waals surface area contributed by atoms with E-state index < -0.39 is 290 Å². The number of nitrogens with one attached hydrogen (secondary N) is 10. The van der Waals surface area contributed by atoms with Gasteiger partial charge in [0.05, 0.1) is 37.0 Å². The number of aliphatic carboxylic acids is 2. The molecule has 24 N–H and O–H groups in total. The number of nitrogens with zero attached hydrogens (tertiary/aromatic N) is 2. The van der Waals surface area contributed by atoms with Crippen molar-refractivity contribution in [3.05, 3.63) is 0 Å². The maximum absolute atomic E-state index is 15.7. The van der Waals surface area contributed by atoms with Crippen LogP contribution in [0.15, 0.2) is 0 Å². The van der Waals surface area contributed by atoms with Crippen molar-refractivity contribution in [3.8, 4) is 0 Å². The molecule has 2 aliphatic rings. The number of piperidine rings is 1. The largest absolute Gasteiger partial charge is 0.481 e. The zero-order valence-electron chi connectivity index (χ0n) is 69.5.